The van der Waals surface area contributed by atoms with Gasteiger partial charge in [0.2, 0.25) is 0 Å². The molecule has 1 rings (SSSR count). The van der Waals surface area contributed by atoms with Gasteiger partial charge in [0, 0.05) is 11.1 Å². The Kier molecular flexibility index (Phi) is 4.15. The number of alkyl halides is 1. The maximum absolute atomic E-state index is 11.6. The first-order chi connectivity index (χ1) is 7.15. The van der Waals surface area contributed by atoms with Crippen LogP contribution < -0.4 is 9.47 Å². The van der Waals surface area contributed by atoms with Crippen LogP contribution in [0.3, 0.4) is 0 Å². The zero-order valence-corrected chi connectivity index (χ0v) is 10.6. The van der Waals surface area contributed by atoms with Gasteiger partial charge >= 0.3 is 0 Å². The van der Waals surface area contributed by atoms with E-state index in [9.17, 15) is 4.79 Å². The maximum Gasteiger partial charge on any atom is 0.173 e. The van der Waals surface area contributed by atoms with Crippen molar-refractivity contribution in [3.05, 3.63) is 23.3 Å². The third-order valence-electron chi connectivity index (χ3n) is 2.22. The highest BCUT2D eigenvalue weighted by molar-refractivity contribution is 9.09. The number of ketones is 1. The molecule has 0 amide bonds. The number of benzene rings is 1. The lowest BCUT2D eigenvalue weighted by molar-refractivity contribution is 0.102. The third-order valence-corrected chi connectivity index (χ3v) is 2.72. The number of halogens is 1. The Bertz CT molecular complexity index is 374. The van der Waals surface area contributed by atoms with Crippen molar-refractivity contribution in [2.45, 2.75) is 6.92 Å². The van der Waals surface area contributed by atoms with Crippen LogP contribution in [0.15, 0.2) is 12.1 Å². The molecule has 0 atom stereocenters. The highest BCUT2D eigenvalue weighted by atomic mass is 79.9. The van der Waals surface area contributed by atoms with Crippen LogP contribution in [0.25, 0.3) is 0 Å². The van der Waals surface area contributed by atoms with E-state index < -0.39 is 0 Å². The number of carbonyl (C=O) groups excluding carboxylic acids is 1. The van der Waals surface area contributed by atoms with E-state index >= 15 is 0 Å². The number of hydrogen-bond donors (Lipinski definition) is 0. The highest BCUT2D eigenvalue weighted by Gasteiger charge is 2.15. The van der Waals surface area contributed by atoms with Gasteiger partial charge in [0.15, 0.2) is 17.3 Å². The first kappa shape index (κ1) is 12.0. The van der Waals surface area contributed by atoms with Gasteiger partial charge in [0.05, 0.1) is 19.5 Å². The molecular weight excluding hydrogens is 260 g/mol. The van der Waals surface area contributed by atoms with Crippen molar-refractivity contribution >= 4 is 21.7 Å². The van der Waals surface area contributed by atoms with Crippen molar-refractivity contribution in [1.29, 1.82) is 0 Å². The van der Waals surface area contributed by atoms with Gasteiger partial charge < -0.3 is 9.47 Å². The summed E-state index contributed by atoms with van der Waals surface area (Å²) in [6.45, 7) is 1.84. The van der Waals surface area contributed by atoms with Crippen LogP contribution in [0, 0.1) is 6.92 Å². The number of carbonyl (C=O) groups is 1. The summed E-state index contributed by atoms with van der Waals surface area (Å²) in [5.74, 6) is 1.29. The van der Waals surface area contributed by atoms with Gasteiger partial charge in [-0.3, -0.25) is 4.79 Å². The Hall–Kier alpha value is -1.03. The van der Waals surface area contributed by atoms with Crippen molar-refractivity contribution < 1.29 is 14.3 Å². The van der Waals surface area contributed by atoms with Gasteiger partial charge in [-0.25, -0.2) is 0 Å². The molecule has 0 saturated heterocycles. The molecule has 0 aliphatic rings. The van der Waals surface area contributed by atoms with Gasteiger partial charge in [-0.15, -0.1) is 0 Å². The minimum atomic E-state index is 0.0356. The molecule has 0 fully saturated rings. The average molecular weight is 273 g/mol. The average Bonchev–Trinajstić information content (AvgIpc) is 2.27. The Morgan fingerprint density at radius 3 is 2.47 bits per heavy atom. The second-order valence-electron chi connectivity index (χ2n) is 3.03. The standard InChI is InChI=1S/C11H13BrO3/c1-7-8(9(13)6-12)4-5-10(14-2)11(7)15-3/h4-5H,6H2,1-3H3. The Morgan fingerprint density at radius 1 is 1.33 bits per heavy atom. The molecule has 0 radical (unpaired) electrons. The van der Waals surface area contributed by atoms with Crippen LogP contribution in [0.2, 0.25) is 0 Å². The highest BCUT2D eigenvalue weighted by Crippen LogP contribution is 2.32. The summed E-state index contributed by atoms with van der Waals surface area (Å²) < 4.78 is 10.3. The second kappa shape index (κ2) is 5.16. The van der Waals surface area contributed by atoms with Gasteiger partial charge in [-0.1, -0.05) is 15.9 Å². The molecular formula is C11H13BrO3. The molecule has 82 valence electrons. The first-order valence-electron chi connectivity index (χ1n) is 4.46. The molecule has 15 heavy (non-hydrogen) atoms. The number of rotatable bonds is 4. The fourth-order valence-corrected chi connectivity index (χ4v) is 1.76. The predicted molar refractivity (Wildman–Crippen MR) is 62.4 cm³/mol. The zero-order chi connectivity index (χ0) is 11.4. The summed E-state index contributed by atoms with van der Waals surface area (Å²) in [6, 6.07) is 3.49. The Labute approximate surface area is 97.5 Å². The quantitative estimate of drug-likeness (QED) is 0.624. The zero-order valence-electron chi connectivity index (χ0n) is 8.96. The van der Waals surface area contributed by atoms with Crippen LogP contribution >= 0.6 is 15.9 Å². The van der Waals surface area contributed by atoms with E-state index in [2.05, 4.69) is 15.9 Å². The van der Waals surface area contributed by atoms with Gasteiger partial charge in [0.1, 0.15) is 0 Å². The van der Waals surface area contributed by atoms with Crippen molar-refractivity contribution in [2.75, 3.05) is 19.5 Å². The van der Waals surface area contributed by atoms with Crippen LogP contribution in [0.5, 0.6) is 11.5 Å². The lowest BCUT2D eigenvalue weighted by Gasteiger charge is -2.12. The van der Waals surface area contributed by atoms with Crippen molar-refractivity contribution in [3.8, 4) is 11.5 Å². The molecule has 0 aromatic heterocycles. The smallest absolute Gasteiger partial charge is 0.173 e. The van der Waals surface area contributed by atoms with E-state index in [0.29, 0.717) is 22.4 Å². The van der Waals surface area contributed by atoms with Crippen LogP contribution in [-0.2, 0) is 0 Å². The summed E-state index contributed by atoms with van der Waals surface area (Å²) in [5.41, 5.74) is 1.46. The number of Topliss-reactive ketones (excluding diaryl/α,β-unsaturated/α-hetero) is 1. The Balaban J connectivity index is 3.29. The van der Waals surface area contributed by atoms with E-state index in [1.165, 1.54) is 0 Å². The molecule has 3 nitrogen and oxygen atoms in total. The molecule has 1 aromatic rings. The molecule has 0 aliphatic carbocycles. The third kappa shape index (κ3) is 2.31. The molecule has 0 bridgehead atoms. The molecule has 4 heteroatoms. The van der Waals surface area contributed by atoms with Gasteiger partial charge in [-0.2, -0.15) is 0 Å². The lowest BCUT2D eigenvalue weighted by atomic mass is 10.0. The first-order valence-corrected chi connectivity index (χ1v) is 5.58. The summed E-state index contributed by atoms with van der Waals surface area (Å²) in [7, 11) is 3.14. The minimum Gasteiger partial charge on any atom is -0.493 e. The van der Waals surface area contributed by atoms with Crippen molar-refractivity contribution in [1.82, 2.24) is 0 Å². The lowest BCUT2D eigenvalue weighted by Crippen LogP contribution is -2.05. The summed E-state index contributed by atoms with van der Waals surface area (Å²) in [6.07, 6.45) is 0. The molecule has 0 unspecified atom stereocenters. The molecule has 0 heterocycles. The second-order valence-corrected chi connectivity index (χ2v) is 3.59. The Morgan fingerprint density at radius 2 is 2.00 bits per heavy atom. The molecule has 0 N–H and O–H groups in total. The fourth-order valence-electron chi connectivity index (χ4n) is 1.46. The van der Waals surface area contributed by atoms with E-state index in [-0.39, 0.29) is 5.78 Å². The summed E-state index contributed by atoms with van der Waals surface area (Å²) in [4.78, 5) is 11.6. The molecule has 1 aromatic carbocycles. The van der Waals surface area contributed by atoms with Crippen LogP contribution in [0.4, 0.5) is 0 Å². The fraction of sp³-hybridized carbons (Fsp3) is 0.364. The van der Waals surface area contributed by atoms with E-state index in [1.54, 1.807) is 26.4 Å². The molecule has 0 spiro atoms. The molecule has 0 aliphatic heterocycles. The van der Waals surface area contributed by atoms with Gasteiger partial charge in [0.25, 0.3) is 0 Å². The topological polar surface area (TPSA) is 35.5 Å². The minimum absolute atomic E-state index is 0.0356. The monoisotopic (exact) mass is 272 g/mol. The largest absolute Gasteiger partial charge is 0.493 e. The maximum atomic E-state index is 11.6. The van der Waals surface area contributed by atoms with Crippen molar-refractivity contribution in [2.24, 2.45) is 0 Å². The summed E-state index contributed by atoms with van der Waals surface area (Å²) >= 11 is 3.15. The van der Waals surface area contributed by atoms with Gasteiger partial charge in [-0.05, 0) is 19.1 Å². The molecule has 0 saturated carbocycles. The van der Waals surface area contributed by atoms with E-state index in [0.717, 1.165) is 5.56 Å². The van der Waals surface area contributed by atoms with Crippen LogP contribution in [0.1, 0.15) is 15.9 Å². The van der Waals surface area contributed by atoms with E-state index in [1.807, 2.05) is 6.92 Å². The van der Waals surface area contributed by atoms with Crippen molar-refractivity contribution in [3.63, 3.8) is 0 Å². The number of methoxy groups -OCH3 is 2. The number of hydrogen-bond acceptors (Lipinski definition) is 3. The summed E-state index contributed by atoms with van der Waals surface area (Å²) in [5, 5.41) is 0.309. The number of ether oxygens (including phenoxy) is 2. The normalized spacial score (nSPS) is 9.87. The SMILES string of the molecule is COc1ccc(C(=O)CBr)c(C)c1OC. The van der Waals surface area contributed by atoms with E-state index in [4.69, 9.17) is 9.47 Å². The predicted octanol–water partition coefficient (Wildman–Crippen LogP) is 2.59. The van der Waals surface area contributed by atoms with Crippen LogP contribution in [-0.4, -0.2) is 25.3 Å².